The van der Waals surface area contributed by atoms with Crippen molar-refractivity contribution in [2.45, 2.75) is 18.1 Å². The van der Waals surface area contributed by atoms with Gasteiger partial charge in [-0.25, -0.2) is 23.5 Å². The fraction of sp³-hybridized carbons (Fsp3) is 0.200. The molecule has 20 heavy (non-hydrogen) atoms. The average molecular weight is 313 g/mol. The van der Waals surface area contributed by atoms with Gasteiger partial charge in [0.15, 0.2) is 9.34 Å². The van der Waals surface area contributed by atoms with Crippen LogP contribution in [-0.4, -0.2) is 29.3 Å². The highest BCUT2D eigenvalue weighted by Crippen LogP contribution is 2.26. The number of carbonyl (C=O) groups excluding carboxylic acids is 1. The summed E-state index contributed by atoms with van der Waals surface area (Å²) in [5.41, 5.74) is 1.03. The third-order valence-electron chi connectivity index (χ3n) is 2.25. The topological polar surface area (TPSA) is 128 Å². The monoisotopic (exact) mass is 313 g/mol. The van der Waals surface area contributed by atoms with Gasteiger partial charge in [0.1, 0.15) is 5.69 Å². The lowest BCUT2D eigenvalue weighted by molar-refractivity contribution is 0.102. The zero-order valence-corrected chi connectivity index (χ0v) is 12.2. The molecule has 0 saturated heterocycles. The van der Waals surface area contributed by atoms with Crippen LogP contribution in [0.4, 0.5) is 5.13 Å². The number of carbonyl (C=O) groups is 1. The van der Waals surface area contributed by atoms with E-state index in [-0.39, 0.29) is 20.7 Å². The summed E-state index contributed by atoms with van der Waals surface area (Å²) in [5, 5.41) is 7.63. The summed E-state index contributed by atoms with van der Waals surface area (Å²) in [4.78, 5) is 23.7. The van der Waals surface area contributed by atoms with Crippen LogP contribution in [0.25, 0.3) is 0 Å². The minimum absolute atomic E-state index is 0.0807. The van der Waals surface area contributed by atoms with E-state index in [0.29, 0.717) is 5.69 Å². The van der Waals surface area contributed by atoms with Crippen molar-refractivity contribution < 1.29 is 13.2 Å². The van der Waals surface area contributed by atoms with Crippen LogP contribution in [0.3, 0.4) is 0 Å². The Hall–Kier alpha value is -1.91. The number of nitrogens with one attached hydrogen (secondary N) is 1. The van der Waals surface area contributed by atoms with Gasteiger partial charge in [-0.3, -0.25) is 15.1 Å². The summed E-state index contributed by atoms with van der Waals surface area (Å²) in [6.07, 6.45) is 2.78. The van der Waals surface area contributed by atoms with Crippen molar-refractivity contribution in [2.75, 3.05) is 5.32 Å². The number of amides is 1. The van der Waals surface area contributed by atoms with E-state index < -0.39 is 15.9 Å². The van der Waals surface area contributed by atoms with Crippen LogP contribution in [-0.2, 0) is 10.0 Å². The first-order valence-electron chi connectivity index (χ1n) is 5.37. The summed E-state index contributed by atoms with van der Waals surface area (Å²) < 4.78 is 22.5. The standard InChI is InChI=1S/C10H11N5O3S2/c1-5-3-13-7(4-12-5)8(16)15-10-14-6(2)9(19-10)20(11,17)18/h3-4H,1-2H3,(H2,11,17,18)(H,14,15,16). The van der Waals surface area contributed by atoms with Crippen molar-refractivity contribution in [3.63, 3.8) is 0 Å². The van der Waals surface area contributed by atoms with E-state index in [1.165, 1.54) is 19.3 Å². The molecule has 0 aromatic carbocycles. The molecule has 0 saturated carbocycles. The second-order valence-electron chi connectivity index (χ2n) is 3.93. The predicted molar refractivity (Wildman–Crippen MR) is 72.9 cm³/mol. The third-order valence-corrected chi connectivity index (χ3v) is 4.87. The van der Waals surface area contributed by atoms with Crippen LogP contribution < -0.4 is 10.5 Å². The van der Waals surface area contributed by atoms with Gasteiger partial charge in [0, 0.05) is 6.20 Å². The predicted octanol–water partition coefficient (Wildman–Crippen LogP) is 0.450. The molecule has 2 aromatic rings. The SMILES string of the molecule is Cc1cnc(C(=O)Nc2nc(C)c(S(N)(=O)=O)s2)cn1. The first-order valence-corrected chi connectivity index (χ1v) is 7.74. The average Bonchev–Trinajstić information content (AvgIpc) is 2.70. The molecule has 10 heteroatoms. The number of anilines is 1. The third kappa shape index (κ3) is 3.15. The fourth-order valence-corrected chi connectivity index (χ4v) is 3.22. The Morgan fingerprint density at radius 3 is 2.50 bits per heavy atom. The van der Waals surface area contributed by atoms with E-state index in [2.05, 4.69) is 20.3 Å². The molecular formula is C10H11N5O3S2. The maximum atomic E-state index is 11.9. The first kappa shape index (κ1) is 14.5. The Kier molecular flexibility index (Phi) is 3.79. The molecule has 0 bridgehead atoms. The van der Waals surface area contributed by atoms with Crippen LogP contribution >= 0.6 is 11.3 Å². The van der Waals surface area contributed by atoms with Crippen molar-refractivity contribution in [3.05, 3.63) is 29.5 Å². The van der Waals surface area contributed by atoms with Crippen LogP contribution in [0.1, 0.15) is 21.9 Å². The Labute approximate surface area is 119 Å². The summed E-state index contributed by atoms with van der Waals surface area (Å²) in [5.74, 6) is -0.521. The van der Waals surface area contributed by atoms with Crippen molar-refractivity contribution in [1.29, 1.82) is 0 Å². The Balaban J connectivity index is 2.23. The highest BCUT2D eigenvalue weighted by molar-refractivity contribution is 7.91. The number of hydrogen-bond acceptors (Lipinski definition) is 7. The van der Waals surface area contributed by atoms with Crippen LogP contribution in [0.5, 0.6) is 0 Å². The van der Waals surface area contributed by atoms with Crippen LogP contribution in [0, 0.1) is 13.8 Å². The van der Waals surface area contributed by atoms with Gasteiger partial charge in [-0.1, -0.05) is 11.3 Å². The second-order valence-corrected chi connectivity index (χ2v) is 6.69. The quantitative estimate of drug-likeness (QED) is 0.846. The van der Waals surface area contributed by atoms with Crippen molar-refractivity contribution >= 4 is 32.4 Å². The molecule has 2 rings (SSSR count). The van der Waals surface area contributed by atoms with E-state index in [9.17, 15) is 13.2 Å². The Morgan fingerprint density at radius 2 is 2.00 bits per heavy atom. The summed E-state index contributed by atoms with van der Waals surface area (Å²) in [6, 6.07) is 0. The Morgan fingerprint density at radius 1 is 1.30 bits per heavy atom. The highest BCUT2D eigenvalue weighted by Gasteiger charge is 2.19. The van der Waals surface area contributed by atoms with E-state index in [0.717, 1.165) is 11.3 Å². The zero-order valence-electron chi connectivity index (χ0n) is 10.6. The van der Waals surface area contributed by atoms with Gasteiger partial charge in [-0.2, -0.15) is 0 Å². The van der Waals surface area contributed by atoms with Gasteiger partial charge in [0.05, 0.1) is 17.6 Å². The second kappa shape index (κ2) is 5.23. The lowest BCUT2D eigenvalue weighted by atomic mass is 10.4. The first-order chi connectivity index (χ1) is 9.27. The molecule has 1 amide bonds. The molecule has 3 N–H and O–H groups in total. The molecule has 0 fully saturated rings. The van der Waals surface area contributed by atoms with Gasteiger partial charge in [0.2, 0.25) is 10.0 Å². The molecule has 0 spiro atoms. The molecule has 2 heterocycles. The van der Waals surface area contributed by atoms with E-state index in [1.54, 1.807) is 6.92 Å². The molecule has 0 unspecified atom stereocenters. The number of thiazole rings is 1. The molecule has 0 aliphatic carbocycles. The Bertz CT molecular complexity index is 752. The zero-order chi connectivity index (χ0) is 14.9. The van der Waals surface area contributed by atoms with Crippen LogP contribution in [0.15, 0.2) is 16.6 Å². The maximum absolute atomic E-state index is 11.9. The van der Waals surface area contributed by atoms with Crippen LogP contribution in [0.2, 0.25) is 0 Å². The van der Waals surface area contributed by atoms with Gasteiger partial charge in [-0.05, 0) is 13.8 Å². The van der Waals surface area contributed by atoms with Crippen molar-refractivity contribution in [1.82, 2.24) is 15.0 Å². The van der Waals surface area contributed by atoms with E-state index >= 15 is 0 Å². The minimum atomic E-state index is -3.84. The number of rotatable bonds is 3. The molecule has 0 atom stereocenters. The molecule has 2 aromatic heterocycles. The largest absolute Gasteiger partial charge is 0.296 e. The molecular weight excluding hydrogens is 302 g/mol. The number of aromatic nitrogens is 3. The number of primary sulfonamides is 1. The normalized spacial score (nSPS) is 11.3. The van der Waals surface area contributed by atoms with E-state index in [1.807, 2.05) is 0 Å². The van der Waals surface area contributed by atoms with Gasteiger partial charge < -0.3 is 0 Å². The molecule has 0 aliphatic rings. The van der Waals surface area contributed by atoms with E-state index in [4.69, 9.17) is 5.14 Å². The summed E-state index contributed by atoms with van der Waals surface area (Å²) in [6.45, 7) is 3.24. The molecule has 0 aliphatic heterocycles. The smallest absolute Gasteiger partial charge is 0.277 e. The number of sulfonamides is 1. The fourth-order valence-electron chi connectivity index (χ4n) is 1.37. The molecule has 106 valence electrons. The summed E-state index contributed by atoms with van der Waals surface area (Å²) >= 11 is 0.788. The number of aryl methyl sites for hydroxylation is 2. The number of hydrogen-bond donors (Lipinski definition) is 2. The minimum Gasteiger partial charge on any atom is -0.296 e. The molecule has 0 radical (unpaired) electrons. The lowest BCUT2D eigenvalue weighted by Gasteiger charge is -2.00. The maximum Gasteiger partial charge on any atom is 0.277 e. The van der Waals surface area contributed by atoms with Gasteiger partial charge in [0.25, 0.3) is 5.91 Å². The summed E-state index contributed by atoms with van der Waals surface area (Å²) in [7, 11) is -3.84. The van der Waals surface area contributed by atoms with Crippen molar-refractivity contribution in [2.24, 2.45) is 5.14 Å². The van der Waals surface area contributed by atoms with Crippen molar-refractivity contribution in [3.8, 4) is 0 Å². The molecule has 8 nitrogen and oxygen atoms in total. The number of nitrogens with zero attached hydrogens (tertiary/aromatic N) is 3. The van der Waals surface area contributed by atoms with Gasteiger partial charge in [-0.15, -0.1) is 0 Å². The number of nitrogens with two attached hydrogens (primary N) is 1. The highest BCUT2D eigenvalue weighted by atomic mass is 32.2. The van der Waals surface area contributed by atoms with Gasteiger partial charge >= 0.3 is 0 Å². The lowest BCUT2D eigenvalue weighted by Crippen LogP contribution is -2.14.